The second-order valence-corrected chi connectivity index (χ2v) is 9.51. The Morgan fingerprint density at radius 1 is 0.737 bits per heavy atom. The summed E-state index contributed by atoms with van der Waals surface area (Å²) in [7, 11) is 0. The van der Waals surface area contributed by atoms with E-state index in [2.05, 4.69) is 16.4 Å². The van der Waals surface area contributed by atoms with Gasteiger partial charge in [0, 0.05) is 0 Å². The van der Waals surface area contributed by atoms with Crippen molar-refractivity contribution in [2.75, 3.05) is 0 Å². The lowest BCUT2D eigenvalue weighted by Gasteiger charge is -2.36. The molecule has 5 aromatic rings. The Bertz CT molecular complexity index is 1470. The highest BCUT2D eigenvalue weighted by atomic mass is 16.5. The first kappa shape index (κ1) is 23.7. The van der Waals surface area contributed by atoms with Crippen LogP contribution in [0.25, 0.3) is 0 Å². The zero-order valence-corrected chi connectivity index (χ0v) is 20.8. The average molecular weight is 502 g/mol. The molecule has 188 valence electrons. The maximum atomic E-state index is 12.9. The normalized spacial score (nSPS) is 13.1. The Balaban J connectivity index is 1.58. The summed E-state index contributed by atoms with van der Waals surface area (Å²) in [5.74, 6) is -0.652. The number of hydrogen-bond donors (Lipinski definition) is 1. The molecule has 0 atom stereocenters. The Hall–Kier alpha value is -4.71. The number of carboxylic acid groups (broad SMARTS) is 1. The molecule has 0 aliphatic heterocycles. The quantitative estimate of drug-likeness (QED) is 0.258. The minimum atomic E-state index is -1.17. The van der Waals surface area contributed by atoms with Crippen molar-refractivity contribution in [2.24, 2.45) is 0 Å². The van der Waals surface area contributed by atoms with Crippen molar-refractivity contribution in [3.05, 3.63) is 143 Å². The molecule has 0 saturated carbocycles. The molecule has 38 heavy (non-hydrogen) atoms. The van der Waals surface area contributed by atoms with Gasteiger partial charge in [0.25, 0.3) is 5.88 Å². The molecule has 1 aliphatic rings. The monoisotopic (exact) mass is 501 g/mol. The van der Waals surface area contributed by atoms with E-state index in [1.165, 1.54) is 22.2 Å². The summed E-state index contributed by atoms with van der Waals surface area (Å²) in [6, 6.07) is 35.3. The smallest absolute Gasteiger partial charge is 0.360 e. The predicted octanol–water partition coefficient (Wildman–Crippen LogP) is 6.49. The van der Waals surface area contributed by atoms with Crippen LogP contribution in [-0.2, 0) is 18.4 Å². The van der Waals surface area contributed by atoms with Gasteiger partial charge in [0.2, 0.25) is 5.69 Å². The predicted molar refractivity (Wildman–Crippen MR) is 145 cm³/mol. The van der Waals surface area contributed by atoms with Crippen molar-refractivity contribution in [3.8, 4) is 11.6 Å². The van der Waals surface area contributed by atoms with E-state index in [0.717, 1.165) is 36.0 Å². The summed E-state index contributed by atoms with van der Waals surface area (Å²) >= 11 is 0. The molecule has 1 N–H and O–H groups in total. The summed E-state index contributed by atoms with van der Waals surface area (Å²) in [6.45, 7) is 0. The Labute approximate surface area is 221 Å². The molecular weight excluding hydrogens is 474 g/mol. The number of carboxylic acids is 1. The molecule has 0 bridgehead atoms. The lowest BCUT2D eigenvalue weighted by molar-refractivity contribution is 0.0676. The van der Waals surface area contributed by atoms with Crippen LogP contribution < -0.4 is 4.74 Å². The molecule has 1 aromatic heterocycles. The van der Waals surface area contributed by atoms with Gasteiger partial charge in [-0.15, -0.1) is 0 Å². The highest BCUT2D eigenvalue weighted by Gasteiger charge is 2.43. The Morgan fingerprint density at radius 3 is 1.79 bits per heavy atom. The van der Waals surface area contributed by atoms with Gasteiger partial charge < -0.3 is 9.84 Å². The van der Waals surface area contributed by atoms with Crippen LogP contribution in [-0.4, -0.2) is 26.1 Å². The molecule has 0 saturated heterocycles. The largest absolute Gasteiger partial charge is 0.476 e. The van der Waals surface area contributed by atoms with Crippen molar-refractivity contribution in [1.82, 2.24) is 15.0 Å². The van der Waals surface area contributed by atoms with Crippen LogP contribution >= 0.6 is 0 Å². The summed E-state index contributed by atoms with van der Waals surface area (Å²) in [4.78, 5) is 12.9. The van der Waals surface area contributed by atoms with Crippen molar-refractivity contribution in [1.29, 1.82) is 0 Å². The van der Waals surface area contributed by atoms with Crippen LogP contribution in [0.5, 0.6) is 11.6 Å². The molecule has 0 radical (unpaired) electrons. The van der Waals surface area contributed by atoms with Gasteiger partial charge in [-0.3, -0.25) is 0 Å². The fraction of sp³-hybridized carbons (Fsp3) is 0.156. The highest BCUT2D eigenvalue weighted by molar-refractivity contribution is 5.88. The highest BCUT2D eigenvalue weighted by Crippen LogP contribution is 2.42. The maximum Gasteiger partial charge on any atom is 0.360 e. The zero-order chi connectivity index (χ0) is 26.0. The number of nitrogens with zero attached hydrogens (tertiary/aromatic N) is 3. The number of aromatic nitrogens is 3. The Morgan fingerprint density at radius 2 is 1.26 bits per heavy atom. The van der Waals surface area contributed by atoms with Crippen LogP contribution in [0.1, 0.15) is 51.1 Å². The number of ether oxygens (including phenoxy) is 1. The third-order valence-electron chi connectivity index (χ3n) is 7.27. The summed E-state index contributed by atoms with van der Waals surface area (Å²) in [6.07, 6.45) is 4.37. The van der Waals surface area contributed by atoms with Gasteiger partial charge in [-0.2, -0.15) is 0 Å². The first-order chi connectivity index (χ1) is 18.7. The molecular formula is C32H27N3O3. The van der Waals surface area contributed by atoms with E-state index in [9.17, 15) is 9.90 Å². The van der Waals surface area contributed by atoms with E-state index < -0.39 is 11.5 Å². The molecule has 6 rings (SSSR count). The van der Waals surface area contributed by atoms with Crippen LogP contribution in [0, 0.1) is 0 Å². The topological polar surface area (TPSA) is 77.2 Å². The Kier molecular flexibility index (Phi) is 6.22. The van der Waals surface area contributed by atoms with E-state index in [1.54, 1.807) is 0 Å². The van der Waals surface area contributed by atoms with Gasteiger partial charge in [-0.1, -0.05) is 107 Å². The maximum absolute atomic E-state index is 12.9. The van der Waals surface area contributed by atoms with Gasteiger partial charge >= 0.3 is 5.97 Å². The number of aryl methyl sites for hydroxylation is 2. The number of hydrogen-bond acceptors (Lipinski definition) is 4. The number of carbonyl (C=O) groups is 1. The van der Waals surface area contributed by atoms with Gasteiger partial charge in [0.1, 0.15) is 11.3 Å². The fourth-order valence-corrected chi connectivity index (χ4v) is 5.54. The molecule has 0 spiro atoms. The zero-order valence-electron chi connectivity index (χ0n) is 20.8. The molecule has 0 amide bonds. The van der Waals surface area contributed by atoms with Crippen LogP contribution in [0.3, 0.4) is 0 Å². The lowest BCUT2D eigenvalue weighted by atomic mass is 9.77. The van der Waals surface area contributed by atoms with E-state index >= 15 is 0 Å². The van der Waals surface area contributed by atoms with Crippen molar-refractivity contribution in [3.63, 3.8) is 0 Å². The molecule has 0 fully saturated rings. The lowest BCUT2D eigenvalue weighted by Crippen LogP contribution is -2.40. The third kappa shape index (κ3) is 4.04. The van der Waals surface area contributed by atoms with E-state index in [0.29, 0.717) is 5.75 Å². The van der Waals surface area contributed by atoms with E-state index in [-0.39, 0.29) is 11.6 Å². The minimum absolute atomic E-state index is 0.0413. The first-order valence-corrected chi connectivity index (χ1v) is 12.8. The average Bonchev–Trinajstić information content (AvgIpc) is 3.39. The van der Waals surface area contributed by atoms with Crippen molar-refractivity contribution >= 4 is 5.97 Å². The number of fused-ring (bicyclic) bond motifs is 1. The molecule has 4 aromatic carbocycles. The number of rotatable bonds is 7. The summed E-state index contributed by atoms with van der Waals surface area (Å²) in [5, 5.41) is 19.3. The molecule has 1 heterocycles. The second kappa shape index (κ2) is 9.98. The van der Waals surface area contributed by atoms with Gasteiger partial charge in [-0.05, 0) is 65.6 Å². The van der Waals surface area contributed by atoms with Crippen molar-refractivity contribution in [2.45, 2.75) is 31.2 Å². The van der Waals surface area contributed by atoms with Crippen LogP contribution in [0.15, 0.2) is 109 Å². The van der Waals surface area contributed by atoms with Gasteiger partial charge in [0.05, 0.1) is 0 Å². The summed E-state index contributed by atoms with van der Waals surface area (Å²) in [5.41, 5.74) is 3.88. The number of benzene rings is 4. The molecule has 1 aliphatic carbocycles. The number of aromatic carboxylic acids is 1. The van der Waals surface area contributed by atoms with E-state index in [1.807, 2.05) is 103 Å². The molecule has 0 unspecified atom stereocenters. The standard InChI is InChI=1S/C32H27N3O3/c36-31(37)29-30(38-28-21-20-23-12-10-11-13-24(23)22-28)33-34-35(29)32(25-14-4-1-5-15-25,26-16-6-2-7-17-26)27-18-8-3-9-19-27/h1-9,14-22H,10-13H2,(H,36,37). The summed E-state index contributed by atoms with van der Waals surface area (Å²) < 4.78 is 7.63. The van der Waals surface area contributed by atoms with Crippen molar-refractivity contribution < 1.29 is 14.6 Å². The fourth-order valence-electron chi connectivity index (χ4n) is 5.54. The minimum Gasteiger partial charge on any atom is -0.476 e. The van der Waals surface area contributed by atoms with Gasteiger partial charge in [-0.25, -0.2) is 9.48 Å². The van der Waals surface area contributed by atoms with E-state index in [4.69, 9.17) is 4.74 Å². The van der Waals surface area contributed by atoms with Gasteiger partial charge in [0.15, 0.2) is 0 Å². The first-order valence-electron chi connectivity index (χ1n) is 12.8. The molecule has 6 heteroatoms. The second-order valence-electron chi connectivity index (χ2n) is 9.51. The molecule has 6 nitrogen and oxygen atoms in total. The van der Waals surface area contributed by atoms with Crippen LogP contribution in [0.2, 0.25) is 0 Å². The van der Waals surface area contributed by atoms with Crippen LogP contribution in [0.4, 0.5) is 0 Å². The third-order valence-corrected chi connectivity index (χ3v) is 7.27. The SMILES string of the molecule is O=C(O)c1c(Oc2ccc3c(c2)CCCC3)nnn1C(c1ccccc1)(c1ccccc1)c1ccccc1.